The van der Waals surface area contributed by atoms with E-state index in [1.165, 1.54) is 12.8 Å². The van der Waals surface area contributed by atoms with Crippen molar-refractivity contribution in [3.8, 4) is 0 Å². The predicted octanol–water partition coefficient (Wildman–Crippen LogP) is 2.34. The monoisotopic (exact) mass is 304 g/mol. The van der Waals surface area contributed by atoms with Crippen molar-refractivity contribution < 1.29 is 4.79 Å². The van der Waals surface area contributed by atoms with E-state index >= 15 is 0 Å². The largest absolute Gasteiger partial charge is 0.334 e. The second-order valence-electron chi connectivity index (χ2n) is 7.74. The van der Waals surface area contributed by atoms with Gasteiger partial charge in [-0.15, -0.1) is 0 Å². The van der Waals surface area contributed by atoms with Gasteiger partial charge in [-0.1, -0.05) is 0 Å². The van der Waals surface area contributed by atoms with Crippen LogP contribution in [-0.2, 0) is 5.54 Å². The smallest absolute Gasteiger partial charge is 0.257 e. The summed E-state index contributed by atoms with van der Waals surface area (Å²) in [4.78, 5) is 17.4. The molecule has 0 bridgehead atoms. The van der Waals surface area contributed by atoms with Gasteiger partial charge in [-0.3, -0.25) is 9.48 Å². The molecule has 5 nitrogen and oxygen atoms in total. The van der Waals surface area contributed by atoms with Crippen molar-refractivity contribution in [1.82, 2.24) is 19.6 Å². The fraction of sp³-hybridized carbons (Fsp3) is 0.765. The molecule has 3 rings (SSSR count). The molecule has 2 atom stereocenters. The Morgan fingerprint density at radius 3 is 2.45 bits per heavy atom. The number of carbonyl (C=O) groups is 1. The summed E-state index contributed by atoms with van der Waals surface area (Å²) in [7, 11) is 2.19. The summed E-state index contributed by atoms with van der Waals surface area (Å²) in [6, 6.07) is 0.905. The van der Waals surface area contributed by atoms with Gasteiger partial charge in [0, 0.05) is 24.8 Å². The number of hydrogen-bond donors (Lipinski definition) is 0. The van der Waals surface area contributed by atoms with E-state index in [-0.39, 0.29) is 11.4 Å². The molecule has 22 heavy (non-hydrogen) atoms. The van der Waals surface area contributed by atoms with Gasteiger partial charge >= 0.3 is 0 Å². The lowest BCUT2D eigenvalue weighted by Gasteiger charge is -2.33. The van der Waals surface area contributed by atoms with Crippen molar-refractivity contribution in [2.45, 2.75) is 64.1 Å². The van der Waals surface area contributed by atoms with Crippen LogP contribution in [0.4, 0.5) is 0 Å². The van der Waals surface area contributed by atoms with Gasteiger partial charge in [0.15, 0.2) is 0 Å². The Balaban J connectivity index is 1.77. The van der Waals surface area contributed by atoms with Crippen LogP contribution in [0.2, 0.25) is 0 Å². The maximum atomic E-state index is 12.9. The molecule has 2 aliphatic rings. The van der Waals surface area contributed by atoms with E-state index in [1.807, 2.05) is 10.9 Å². The first-order chi connectivity index (χ1) is 10.4. The Bertz CT molecular complexity index is 545. The van der Waals surface area contributed by atoms with Gasteiger partial charge < -0.3 is 9.80 Å². The van der Waals surface area contributed by atoms with Crippen molar-refractivity contribution in [3.05, 3.63) is 18.0 Å². The van der Waals surface area contributed by atoms with Crippen molar-refractivity contribution in [2.75, 3.05) is 20.1 Å². The average molecular weight is 304 g/mol. The Kier molecular flexibility index (Phi) is 4.02. The number of aromatic nitrogens is 2. The van der Waals surface area contributed by atoms with Crippen LogP contribution in [-0.4, -0.2) is 57.7 Å². The molecular formula is C17H28N4O. The molecule has 2 saturated heterocycles. The number of likely N-dealkylation sites (tertiary alicyclic amines) is 2. The first-order valence-corrected chi connectivity index (χ1v) is 8.44. The Morgan fingerprint density at radius 1 is 1.18 bits per heavy atom. The summed E-state index contributed by atoms with van der Waals surface area (Å²) >= 11 is 0. The first-order valence-electron chi connectivity index (χ1n) is 8.44. The van der Waals surface area contributed by atoms with Crippen LogP contribution in [0, 0.1) is 0 Å². The molecule has 2 aliphatic heterocycles. The van der Waals surface area contributed by atoms with Gasteiger partial charge in [0.2, 0.25) is 0 Å². The number of carbonyl (C=O) groups excluding carboxylic acids is 1. The van der Waals surface area contributed by atoms with Crippen LogP contribution in [0.25, 0.3) is 0 Å². The third kappa shape index (κ3) is 2.78. The molecular weight excluding hydrogens is 276 g/mol. The van der Waals surface area contributed by atoms with Gasteiger partial charge in [-0.05, 0) is 60.0 Å². The van der Waals surface area contributed by atoms with Gasteiger partial charge in [-0.2, -0.15) is 5.10 Å². The molecule has 1 aromatic heterocycles. The van der Waals surface area contributed by atoms with Crippen molar-refractivity contribution in [1.29, 1.82) is 0 Å². The number of nitrogens with zero attached hydrogens (tertiary/aromatic N) is 4. The summed E-state index contributed by atoms with van der Waals surface area (Å²) < 4.78 is 1.88. The van der Waals surface area contributed by atoms with E-state index in [0.717, 1.165) is 31.5 Å². The Labute approximate surface area is 133 Å². The second kappa shape index (κ2) is 5.69. The minimum absolute atomic E-state index is 0.0887. The fourth-order valence-electron chi connectivity index (χ4n) is 3.83. The zero-order valence-corrected chi connectivity index (χ0v) is 14.2. The molecule has 0 aliphatic carbocycles. The number of rotatable bonds is 2. The molecule has 0 N–H and O–H groups in total. The van der Waals surface area contributed by atoms with E-state index in [4.69, 9.17) is 0 Å². The molecule has 3 heterocycles. The zero-order valence-electron chi connectivity index (χ0n) is 14.2. The molecule has 5 heteroatoms. The third-order valence-electron chi connectivity index (χ3n) is 5.10. The highest BCUT2D eigenvalue weighted by Crippen LogP contribution is 2.30. The van der Waals surface area contributed by atoms with Crippen LogP contribution < -0.4 is 0 Å². The standard InChI is InChI=1S/C17H28N4O/c1-17(2,3)21-12-13(11-18-21)16(22)20-10-6-8-15(20)14-7-5-9-19(14)4/h11-12,14-15H,5-10H2,1-4H3/t14-,15-/m1/s1. The van der Waals surface area contributed by atoms with Gasteiger partial charge in [0.25, 0.3) is 5.91 Å². The summed E-state index contributed by atoms with van der Waals surface area (Å²) in [5.74, 6) is 0.151. The van der Waals surface area contributed by atoms with Crippen LogP contribution in [0.5, 0.6) is 0 Å². The maximum absolute atomic E-state index is 12.9. The molecule has 1 amide bonds. The van der Waals surface area contributed by atoms with Crippen molar-refractivity contribution in [2.24, 2.45) is 0 Å². The van der Waals surface area contributed by atoms with Crippen LogP contribution >= 0.6 is 0 Å². The van der Waals surface area contributed by atoms with E-state index in [0.29, 0.717) is 12.1 Å². The second-order valence-corrected chi connectivity index (χ2v) is 7.74. The summed E-state index contributed by atoms with van der Waals surface area (Å²) in [5.41, 5.74) is 0.636. The highest BCUT2D eigenvalue weighted by molar-refractivity contribution is 5.94. The van der Waals surface area contributed by atoms with Crippen LogP contribution in [0.1, 0.15) is 56.8 Å². The molecule has 0 radical (unpaired) electrons. The molecule has 2 fully saturated rings. The normalized spacial score (nSPS) is 26.8. The maximum Gasteiger partial charge on any atom is 0.257 e. The lowest BCUT2D eigenvalue weighted by Crippen LogP contribution is -2.47. The summed E-state index contributed by atoms with van der Waals surface area (Å²) in [5, 5.41) is 4.38. The number of hydrogen-bond acceptors (Lipinski definition) is 3. The van der Waals surface area contributed by atoms with E-state index in [9.17, 15) is 4.79 Å². The van der Waals surface area contributed by atoms with E-state index in [2.05, 4.69) is 42.7 Å². The Hall–Kier alpha value is -1.36. The van der Waals surface area contributed by atoms with Gasteiger partial charge in [0.1, 0.15) is 0 Å². The topological polar surface area (TPSA) is 41.4 Å². The lowest BCUT2D eigenvalue weighted by molar-refractivity contribution is 0.0664. The van der Waals surface area contributed by atoms with Crippen LogP contribution in [0.15, 0.2) is 12.4 Å². The first kappa shape index (κ1) is 15.5. The SMILES string of the molecule is CN1CCC[C@@H]1[C@H]1CCCN1C(=O)c1cnn(C(C)(C)C)c1. The average Bonchev–Trinajstić information content (AvgIpc) is 3.16. The van der Waals surface area contributed by atoms with Crippen molar-refractivity contribution in [3.63, 3.8) is 0 Å². The number of amides is 1. The predicted molar refractivity (Wildman–Crippen MR) is 86.9 cm³/mol. The van der Waals surface area contributed by atoms with Gasteiger partial charge in [-0.25, -0.2) is 0 Å². The Morgan fingerprint density at radius 2 is 1.86 bits per heavy atom. The molecule has 0 spiro atoms. The quantitative estimate of drug-likeness (QED) is 0.842. The third-order valence-corrected chi connectivity index (χ3v) is 5.10. The molecule has 0 aromatic carbocycles. The van der Waals surface area contributed by atoms with Crippen LogP contribution in [0.3, 0.4) is 0 Å². The zero-order chi connectivity index (χ0) is 15.9. The van der Waals surface area contributed by atoms with E-state index in [1.54, 1.807) is 6.20 Å². The minimum Gasteiger partial charge on any atom is -0.334 e. The molecule has 122 valence electrons. The highest BCUT2D eigenvalue weighted by Gasteiger charge is 2.39. The molecule has 0 saturated carbocycles. The lowest BCUT2D eigenvalue weighted by atomic mass is 10.0. The van der Waals surface area contributed by atoms with Gasteiger partial charge in [0.05, 0.1) is 17.3 Å². The number of likely N-dealkylation sites (N-methyl/N-ethyl adjacent to an activating group) is 1. The summed E-state index contributed by atoms with van der Waals surface area (Å²) in [6.45, 7) is 8.33. The minimum atomic E-state index is -0.0887. The fourth-order valence-corrected chi connectivity index (χ4v) is 3.83. The molecule has 0 unspecified atom stereocenters. The van der Waals surface area contributed by atoms with Crippen molar-refractivity contribution >= 4 is 5.91 Å². The summed E-state index contributed by atoms with van der Waals surface area (Å²) in [6.07, 6.45) is 8.34. The molecule has 1 aromatic rings. The highest BCUT2D eigenvalue weighted by atomic mass is 16.2. The van der Waals surface area contributed by atoms with E-state index < -0.39 is 0 Å².